The molecule has 0 radical (unpaired) electrons. The van der Waals surface area contributed by atoms with Crippen LogP contribution in [0.4, 0.5) is 13.2 Å². The third kappa shape index (κ3) is 4.75. The fourth-order valence-electron chi connectivity index (χ4n) is 2.03. The van der Waals surface area contributed by atoms with Gasteiger partial charge in [0, 0.05) is 5.56 Å². The Kier molecular flexibility index (Phi) is 5.72. The zero-order valence-electron chi connectivity index (χ0n) is 13.1. The molecular formula is C17H14F3NO3S. The summed E-state index contributed by atoms with van der Waals surface area (Å²) in [6.45, 7) is -0.341. The lowest BCUT2D eigenvalue weighted by atomic mass is 10.1. The lowest BCUT2D eigenvalue weighted by molar-refractivity contribution is -0.137. The van der Waals surface area contributed by atoms with E-state index in [1.54, 1.807) is 6.07 Å². The molecule has 1 N–H and O–H groups in total. The average molecular weight is 369 g/mol. The van der Waals surface area contributed by atoms with Gasteiger partial charge in [-0.2, -0.15) is 17.9 Å². The minimum Gasteiger partial charge on any atom is -0.495 e. The van der Waals surface area contributed by atoms with E-state index in [1.165, 1.54) is 43.5 Å². The van der Waals surface area contributed by atoms with Gasteiger partial charge in [0.25, 0.3) is 0 Å². The first-order valence-electron chi connectivity index (χ1n) is 7.03. The van der Waals surface area contributed by atoms with Crippen LogP contribution in [0.1, 0.15) is 11.1 Å². The fourth-order valence-corrected chi connectivity index (χ4v) is 3.12. The number of para-hydroxylation sites is 1. The van der Waals surface area contributed by atoms with Gasteiger partial charge in [0.1, 0.15) is 10.6 Å². The molecule has 2 aromatic carbocycles. The number of hydrogen-bond donors (Lipinski definition) is 1. The summed E-state index contributed by atoms with van der Waals surface area (Å²) in [6.07, 6.45) is -4.53. The third-order valence-corrected chi connectivity index (χ3v) is 4.61. The van der Waals surface area contributed by atoms with Crippen LogP contribution in [0.15, 0.2) is 53.4 Å². The summed E-state index contributed by atoms with van der Waals surface area (Å²) < 4.78 is 70.2. The van der Waals surface area contributed by atoms with Gasteiger partial charge in [-0.15, -0.1) is 0 Å². The van der Waals surface area contributed by atoms with E-state index in [9.17, 15) is 21.6 Å². The van der Waals surface area contributed by atoms with Gasteiger partial charge in [-0.25, -0.2) is 8.42 Å². The Morgan fingerprint density at radius 1 is 1.08 bits per heavy atom. The van der Waals surface area contributed by atoms with Crippen LogP contribution >= 0.6 is 0 Å². The molecule has 132 valence electrons. The standard InChI is InChI=1S/C17H14F3NO3S/c1-24-15-10-4-5-11-16(15)25(22,23)21-12-6-8-13-7-2-3-9-14(13)17(18,19)20/h2-5,7,9-11,21H,12H2,1H3. The minimum absolute atomic E-state index is 0.0741. The number of alkyl halides is 3. The summed E-state index contributed by atoms with van der Waals surface area (Å²) in [4.78, 5) is -0.0741. The van der Waals surface area contributed by atoms with Crippen molar-refractivity contribution in [1.29, 1.82) is 0 Å². The van der Waals surface area contributed by atoms with Crippen LogP contribution in [-0.2, 0) is 16.2 Å². The Balaban J connectivity index is 2.16. The first-order chi connectivity index (χ1) is 11.8. The van der Waals surface area contributed by atoms with Crippen LogP contribution in [0.3, 0.4) is 0 Å². The number of nitrogens with one attached hydrogen (secondary N) is 1. The highest BCUT2D eigenvalue weighted by atomic mass is 32.2. The average Bonchev–Trinajstić information content (AvgIpc) is 2.58. The molecule has 2 aromatic rings. The maximum absolute atomic E-state index is 12.9. The fraction of sp³-hybridized carbons (Fsp3) is 0.176. The molecule has 0 heterocycles. The zero-order valence-corrected chi connectivity index (χ0v) is 13.9. The number of rotatable bonds is 4. The molecule has 0 spiro atoms. The first-order valence-corrected chi connectivity index (χ1v) is 8.52. The normalized spacial score (nSPS) is 11.5. The molecule has 25 heavy (non-hydrogen) atoms. The van der Waals surface area contributed by atoms with Crippen molar-refractivity contribution in [3.63, 3.8) is 0 Å². The van der Waals surface area contributed by atoms with E-state index in [4.69, 9.17) is 4.74 Å². The molecule has 0 bridgehead atoms. The molecule has 0 saturated heterocycles. The SMILES string of the molecule is COc1ccccc1S(=O)(=O)NCC#Cc1ccccc1C(F)(F)F. The molecule has 0 unspecified atom stereocenters. The number of halogens is 3. The second-order valence-corrected chi connectivity index (χ2v) is 6.56. The highest BCUT2D eigenvalue weighted by Crippen LogP contribution is 2.31. The van der Waals surface area contributed by atoms with E-state index >= 15 is 0 Å². The Labute approximate surface area is 143 Å². The molecule has 0 aromatic heterocycles. The van der Waals surface area contributed by atoms with Gasteiger partial charge in [0.2, 0.25) is 10.0 Å². The molecular weight excluding hydrogens is 355 g/mol. The molecule has 2 rings (SSSR count). The van der Waals surface area contributed by atoms with Crippen molar-refractivity contribution in [3.8, 4) is 17.6 Å². The van der Waals surface area contributed by atoms with Crippen molar-refractivity contribution < 1.29 is 26.3 Å². The molecule has 0 aliphatic heterocycles. The molecule has 0 aliphatic rings. The van der Waals surface area contributed by atoms with Crippen LogP contribution in [0.5, 0.6) is 5.75 Å². The molecule has 0 aliphatic carbocycles. The van der Waals surface area contributed by atoms with Gasteiger partial charge in [-0.05, 0) is 24.3 Å². The van der Waals surface area contributed by atoms with E-state index < -0.39 is 21.8 Å². The van der Waals surface area contributed by atoms with Crippen LogP contribution in [0, 0.1) is 11.8 Å². The quantitative estimate of drug-likeness (QED) is 0.843. The van der Waals surface area contributed by atoms with Gasteiger partial charge in [0.05, 0.1) is 19.2 Å². The maximum atomic E-state index is 12.9. The van der Waals surface area contributed by atoms with Gasteiger partial charge in [0.15, 0.2) is 0 Å². The van der Waals surface area contributed by atoms with Gasteiger partial charge < -0.3 is 4.74 Å². The lowest BCUT2D eigenvalue weighted by Gasteiger charge is -2.09. The molecule has 0 fully saturated rings. The summed E-state index contributed by atoms with van der Waals surface area (Å²) in [5, 5.41) is 0. The van der Waals surface area contributed by atoms with Gasteiger partial charge in [-0.3, -0.25) is 0 Å². The smallest absolute Gasteiger partial charge is 0.417 e. The van der Waals surface area contributed by atoms with Crippen molar-refractivity contribution >= 4 is 10.0 Å². The first kappa shape index (κ1) is 18.8. The zero-order chi connectivity index (χ0) is 18.5. The van der Waals surface area contributed by atoms with Crippen molar-refractivity contribution in [2.24, 2.45) is 0 Å². The van der Waals surface area contributed by atoms with Crippen molar-refractivity contribution in [2.45, 2.75) is 11.1 Å². The molecule has 0 amide bonds. The Morgan fingerprint density at radius 3 is 2.40 bits per heavy atom. The van der Waals surface area contributed by atoms with E-state index in [2.05, 4.69) is 16.6 Å². The monoisotopic (exact) mass is 369 g/mol. The topological polar surface area (TPSA) is 55.4 Å². The number of sulfonamides is 1. The third-order valence-electron chi connectivity index (χ3n) is 3.16. The molecule has 0 atom stereocenters. The summed E-state index contributed by atoms with van der Waals surface area (Å²) in [6, 6.07) is 10.8. The van der Waals surface area contributed by atoms with Crippen molar-refractivity contribution in [3.05, 3.63) is 59.7 Å². The number of hydrogen-bond acceptors (Lipinski definition) is 3. The lowest BCUT2D eigenvalue weighted by Crippen LogP contribution is -2.24. The van der Waals surface area contributed by atoms with E-state index in [0.29, 0.717) is 0 Å². The van der Waals surface area contributed by atoms with Crippen LogP contribution in [0.2, 0.25) is 0 Å². The summed E-state index contributed by atoms with van der Waals surface area (Å²) in [5.41, 5.74) is -1.08. The summed E-state index contributed by atoms with van der Waals surface area (Å²) in [5.74, 6) is 4.90. The van der Waals surface area contributed by atoms with Gasteiger partial charge in [-0.1, -0.05) is 36.1 Å². The van der Waals surface area contributed by atoms with Crippen LogP contribution < -0.4 is 9.46 Å². The second-order valence-electron chi connectivity index (χ2n) is 4.82. The Morgan fingerprint density at radius 2 is 1.72 bits per heavy atom. The summed E-state index contributed by atoms with van der Waals surface area (Å²) in [7, 11) is -2.56. The van der Waals surface area contributed by atoms with Crippen LogP contribution in [-0.4, -0.2) is 22.1 Å². The highest BCUT2D eigenvalue weighted by molar-refractivity contribution is 7.89. The van der Waals surface area contributed by atoms with Crippen molar-refractivity contribution in [2.75, 3.05) is 13.7 Å². The number of ether oxygens (including phenoxy) is 1. The maximum Gasteiger partial charge on any atom is 0.417 e. The molecule has 4 nitrogen and oxygen atoms in total. The number of methoxy groups -OCH3 is 1. The van der Waals surface area contributed by atoms with Crippen LogP contribution in [0.25, 0.3) is 0 Å². The molecule has 8 heteroatoms. The van der Waals surface area contributed by atoms with E-state index in [0.717, 1.165) is 6.07 Å². The number of benzene rings is 2. The predicted molar refractivity (Wildman–Crippen MR) is 86.5 cm³/mol. The second kappa shape index (κ2) is 7.59. The van der Waals surface area contributed by atoms with E-state index in [1.807, 2.05) is 0 Å². The Bertz CT molecular complexity index is 912. The van der Waals surface area contributed by atoms with Crippen molar-refractivity contribution in [1.82, 2.24) is 4.72 Å². The Hall–Kier alpha value is -2.50. The highest BCUT2D eigenvalue weighted by Gasteiger charge is 2.32. The minimum atomic E-state index is -4.53. The molecule has 0 saturated carbocycles. The predicted octanol–water partition coefficient (Wildman–Crippen LogP) is 3.04. The largest absolute Gasteiger partial charge is 0.495 e. The van der Waals surface area contributed by atoms with E-state index in [-0.39, 0.29) is 22.8 Å². The van der Waals surface area contributed by atoms with Gasteiger partial charge >= 0.3 is 6.18 Å². The summed E-state index contributed by atoms with van der Waals surface area (Å²) >= 11 is 0.